The van der Waals surface area contributed by atoms with Gasteiger partial charge in [0.05, 0.1) is 7.11 Å². The highest BCUT2D eigenvalue weighted by Gasteiger charge is 2.37. The van der Waals surface area contributed by atoms with Crippen molar-refractivity contribution in [1.82, 2.24) is 4.90 Å². The molecule has 1 fully saturated rings. The van der Waals surface area contributed by atoms with Crippen LogP contribution < -0.4 is 4.74 Å². The van der Waals surface area contributed by atoms with Crippen LogP contribution in [0.2, 0.25) is 0 Å². The van der Waals surface area contributed by atoms with Crippen molar-refractivity contribution in [2.45, 2.75) is 32.0 Å². The Labute approximate surface area is 151 Å². The summed E-state index contributed by atoms with van der Waals surface area (Å²) >= 11 is 0. The summed E-state index contributed by atoms with van der Waals surface area (Å²) < 4.78 is 23.5. The van der Waals surface area contributed by atoms with Crippen molar-refractivity contribution in [1.29, 1.82) is 0 Å². The average molecular weight is 357 g/mol. The molecule has 0 unspecified atom stereocenters. The lowest BCUT2D eigenvalue weighted by atomic mass is 10.2. The Morgan fingerprint density at radius 2 is 1.77 bits per heavy atom. The molecule has 26 heavy (non-hydrogen) atoms. The zero-order chi connectivity index (χ0) is 18.5. The topological polar surface area (TPSA) is 55.8 Å². The highest BCUT2D eigenvalue weighted by molar-refractivity contribution is 5.88. The molecule has 1 amide bonds. The van der Waals surface area contributed by atoms with Crippen LogP contribution in [0.25, 0.3) is 0 Å². The number of carbonyl (C=O) groups is 2. The van der Waals surface area contributed by atoms with E-state index in [1.54, 1.807) is 31.4 Å². The van der Waals surface area contributed by atoms with Gasteiger partial charge in [0.2, 0.25) is 5.91 Å². The summed E-state index contributed by atoms with van der Waals surface area (Å²) in [5, 5.41) is 0. The Balaban J connectivity index is 1.61. The minimum absolute atomic E-state index is 0.0966. The highest BCUT2D eigenvalue weighted by Crippen LogP contribution is 2.23. The Morgan fingerprint density at radius 1 is 1.12 bits per heavy atom. The molecule has 1 atom stereocenters. The van der Waals surface area contributed by atoms with E-state index in [-0.39, 0.29) is 24.9 Å². The first-order valence-electron chi connectivity index (χ1n) is 8.40. The largest absolute Gasteiger partial charge is 0.497 e. The van der Waals surface area contributed by atoms with E-state index in [1.165, 1.54) is 17.0 Å². The smallest absolute Gasteiger partial charge is 0.329 e. The van der Waals surface area contributed by atoms with E-state index in [2.05, 4.69) is 0 Å². The first-order valence-corrected chi connectivity index (χ1v) is 8.40. The van der Waals surface area contributed by atoms with Gasteiger partial charge in [-0.05, 0) is 41.8 Å². The van der Waals surface area contributed by atoms with Crippen molar-refractivity contribution in [2.24, 2.45) is 0 Å². The molecule has 136 valence electrons. The van der Waals surface area contributed by atoms with Crippen molar-refractivity contribution in [3.63, 3.8) is 0 Å². The van der Waals surface area contributed by atoms with E-state index in [0.717, 1.165) is 16.9 Å². The molecular formula is C20H20FNO4. The molecule has 1 saturated heterocycles. The zero-order valence-electron chi connectivity index (χ0n) is 14.5. The summed E-state index contributed by atoms with van der Waals surface area (Å²) in [6, 6.07) is 12.5. The molecule has 2 aromatic rings. The molecule has 0 bridgehead atoms. The number of hydrogen-bond acceptors (Lipinski definition) is 4. The number of nitrogens with zero attached hydrogens (tertiary/aromatic N) is 1. The number of esters is 1. The lowest BCUT2D eigenvalue weighted by Crippen LogP contribution is -2.39. The summed E-state index contributed by atoms with van der Waals surface area (Å²) in [4.78, 5) is 26.1. The van der Waals surface area contributed by atoms with Gasteiger partial charge in [-0.2, -0.15) is 0 Å². The van der Waals surface area contributed by atoms with Crippen LogP contribution in [0, 0.1) is 5.82 Å². The lowest BCUT2D eigenvalue weighted by Gasteiger charge is -2.23. The maximum Gasteiger partial charge on any atom is 0.329 e. The van der Waals surface area contributed by atoms with Gasteiger partial charge in [0, 0.05) is 13.0 Å². The second-order valence-corrected chi connectivity index (χ2v) is 6.16. The fourth-order valence-electron chi connectivity index (χ4n) is 2.94. The second-order valence-electron chi connectivity index (χ2n) is 6.16. The summed E-state index contributed by atoms with van der Waals surface area (Å²) in [7, 11) is 1.59. The molecule has 6 heteroatoms. The molecule has 5 nitrogen and oxygen atoms in total. The molecular weight excluding hydrogens is 337 g/mol. The molecule has 1 aliphatic heterocycles. The van der Waals surface area contributed by atoms with Gasteiger partial charge in [0.15, 0.2) is 0 Å². The first kappa shape index (κ1) is 17.9. The van der Waals surface area contributed by atoms with Crippen molar-refractivity contribution >= 4 is 11.9 Å². The van der Waals surface area contributed by atoms with E-state index in [4.69, 9.17) is 9.47 Å². The minimum atomic E-state index is -0.606. The van der Waals surface area contributed by atoms with E-state index >= 15 is 0 Å². The zero-order valence-corrected chi connectivity index (χ0v) is 14.5. The van der Waals surface area contributed by atoms with E-state index in [9.17, 15) is 14.0 Å². The molecule has 2 aromatic carbocycles. The number of benzene rings is 2. The van der Waals surface area contributed by atoms with Crippen molar-refractivity contribution in [2.75, 3.05) is 7.11 Å². The molecule has 0 spiro atoms. The number of halogens is 1. The van der Waals surface area contributed by atoms with E-state index in [1.807, 2.05) is 12.1 Å². The van der Waals surface area contributed by atoms with Gasteiger partial charge in [-0.25, -0.2) is 9.18 Å². The quantitative estimate of drug-likeness (QED) is 0.746. The second kappa shape index (κ2) is 7.99. The molecule has 0 N–H and O–H groups in total. The normalized spacial score (nSPS) is 16.6. The van der Waals surface area contributed by atoms with E-state index in [0.29, 0.717) is 12.8 Å². The predicted octanol–water partition coefficient (Wildman–Crippen LogP) is 3.07. The standard InChI is InChI=1S/C20H20FNO4/c1-25-17-8-4-15(5-9-17)13-26-20(24)18-10-11-19(23)22(18)12-14-2-6-16(21)7-3-14/h2-9,18H,10-13H2,1H3/t18-/m0/s1. The van der Waals surface area contributed by atoms with Crippen molar-refractivity contribution < 1.29 is 23.5 Å². The third kappa shape index (κ3) is 4.20. The summed E-state index contributed by atoms with van der Waals surface area (Å²) in [6.45, 7) is 0.402. The number of methoxy groups -OCH3 is 1. The van der Waals surface area contributed by atoms with Crippen LogP contribution in [0.1, 0.15) is 24.0 Å². The first-order chi connectivity index (χ1) is 12.6. The average Bonchev–Trinajstić information content (AvgIpc) is 3.02. The van der Waals surface area contributed by atoms with Crippen LogP contribution in [-0.4, -0.2) is 29.9 Å². The Kier molecular flexibility index (Phi) is 5.51. The molecule has 1 aliphatic rings. The van der Waals surface area contributed by atoms with Crippen LogP contribution in [0.4, 0.5) is 4.39 Å². The molecule has 0 radical (unpaired) electrons. The van der Waals surface area contributed by atoms with Gasteiger partial charge in [0.25, 0.3) is 0 Å². The Hall–Kier alpha value is -2.89. The third-order valence-electron chi connectivity index (χ3n) is 4.41. The number of amides is 1. The molecule has 0 saturated carbocycles. The van der Waals surface area contributed by atoms with E-state index < -0.39 is 12.0 Å². The van der Waals surface area contributed by atoms with Crippen LogP contribution >= 0.6 is 0 Å². The number of hydrogen-bond donors (Lipinski definition) is 0. The summed E-state index contributed by atoms with van der Waals surface area (Å²) in [5.74, 6) is -0.126. The predicted molar refractivity (Wildman–Crippen MR) is 92.8 cm³/mol. The maximum absolute atomic E-state index is 13.0. The SMILES string of the molecule is COc1ccc(COC(=O)[C@@H]2CCC(=O)N2Cc2ccc(F)cc2)cc1. The van der Waals surface area contributed by atoms with Crippen molar-refractivity contribution in [3.8, 4) is 5.75 Å². The van der Waals surface area contributed by atoms with Crippen LogP contribution in [-0.2, 0) is 27.5 Å². The third-order valence-corrected chi connectivity index (χ3v) is 4.41. The number of carbonyl (C=O) groups excluding carboxylic acids is 2. The Morgan fingerprint density at radius 3 is 2.42 bits per heavy atom. The summed E-state index contributed by atoms with van der Waals surface area (Å²) in [6.07, 6.45) is 0.741. The molecule has 1 heterocycles. The Bertz CT molecular complexity index is 773. The minimum Gasteiger partial charge on any atom is -0.497 e. The van der Waals surface area contributed by atoms with Crippen LogP contribution in [0.5, 0.6) is 5.75 Å². The van der Waals surface area contributed by atoms with Crippen LogP contribution in [0.3, 0.4) is 0 Å². The van der Waals surface area contributed by atoms with Crippen molar-refractivity contribution in [3.05, 3.63) is 65.5 Å². The van der Waals surface area contributed by atoms with Gasteiger partial charge in [-0.3, -0.25) is 4.79 Å². The number of ether oxygens (including phenoxy) is 2. The fraction of sp³-hybridized carbons (Fsp3) is 0.300. The van der Waals surface area contributed by atoms with Crippen LogP contribution in [0.15, 0.2) is 48.5 Å². The molecule has 3 rings (SSSR count). The molecule has 0 aromatic heterocycles. The summed E-state index contributed by atoms with van der Waals surface area (Å²) in [5.41, 5.74) is 1.61. The fourth-order valence-corrected chi connectivity index (χ4v) is 2.94. The molecule has 0 aliphatic carbocycles. The van der Waals surface area contributed by atoms with Gasteiger partial charge >= 0.3 is 5.97 Å². The van der Waals surface area contributed by atoms with Gasteiger partial charge < -0.3 is 14.4 Å². The maximum atomic E-state index is 13.0. The monoisotopic (exact) mass is 357 g/mol. The number of rotatable bonds is 6. The highest BCUT2D eigenvalue weighted by atomic mass is 19.1. The van der Waals surface area contributed by atoms with Gasteiger partial charge in [-0.1, -0.05) is 24.3 Å². The lowest BCUT2D eigenvalue weighted by molar-refractivity contribution is -0.153. The number of likely N-dealkylation sites (tertiary alicyclic amines) is 1. The van der Waals surface area contributed by atoms with Gasteiger partial charge in [0.1, 0.15) is 24.2 Å². The van der Waals surface area contributed by atoms with Gasteiger partial charge in [-0.15, -0.1) is 0 Å².